The van der Waals surface area contributed by atoms with Crippen molar-refractivity contribution in [2.45, 2.75) is 0 Å². The molecular weight excluding hydrogens is 241 g/mol. The number of benzene rings is 1. The minimum Gasteiger partial charge on any atom is -0.476 e. The van der Waals surface area contributed by atoms with Crippen LogP contribution in [0.4, 0.5) is 16.1 Å². The lowest BCUT2D eigenvalue weighted by atomic mass is 10.2. The van der Waals surface area contributed by atoms with Gasteiger partial charge in [0, 0.05) is 0 Å². The summed E-state index contributed by atoms with van der Waals surface area (Å²) in [4.78, 5) is 14.1. The predicted molar refractivity (Wildman–Crippen MR) is 57.9 cm³/mol. The van der Waals surface area contributed by atoms with Crippen molar-refractivity contribution in [3.8, 4) is 6.07 Å². The molecule has 0 aliphatic rings. The summed E-state index contributed by atoms with van der Waals surface area (Å²) in [6.07, 6.45) is 0.937. The third-order valence-electron chi connectivity index (χ3n) is 2.06. The molecule has 90 valence electrons. The van der Waals surface area contributed by atoms with E-state index in [4.69, 9.17) is 14.8 Å². The predicted octanol–water partition coefficient (Wildman–Crippen LogP) is 2.13. The van der Waals surface area contributed by atoms with Gasteiger partial charge in [0.05, 0.1) is 17.3 Å². The number of nitriles is 1. The van der Waals surface area contributed by atoms with Crippen LogP contribution in [0.3, 0.4) is 0 Å². The second-order valence-electron chi connectivity index (χ2n) is 3.27. The highest BCUT2D eigenvalue weighted by Gasteiger charge is 2.12. The molecule has 2 rings (SSSR count). The minimum absolute atomic E-state index is 0.0350. The molecule has 2 aromatic rings. The van der Waals surface area contributed by atoms with Crippen LogP contribution in [-0.2, 0) is 0 Å². The van der Waals surface area contributed by atoms with E-state index >= 15 is 0 Å². The Morgan fingerprint density at radius 3 is 2.89 bits per heavy atom. The van der Waals surface area contributed by atoms with Gasteiger partial charge in [0.25, 0.3) is 6.01 Å². The summed E-state index contributed by atoms with van der Waals surface area (Å²) in [7, 11) is 0. The van der Waals surface area contributed by atoms with E-state index in [9.17, 15) is 9.18 Å². The molecule has 0 bridgehead atoms. The summed E-state index contributed by atoms with van der Waals surface area (Å²) in [5.74, 6) is -1.91. The van der Waals surface area contributed by atoms with Crippen molar-refractivity contribution in [2.24, 2.45) is 0 Å². The van der Waals surface area contributed by atoms with Crippen molar-refractivity contribution >= 4 is 17.7 Å². The largest absolute Gasteiger partial charge is 0.476 e. The molecule has 0 amide bonds. The Bertz CT molecular complexity index is 645. The number of hydrogen-bond acceptors (Lipinski definition) is 5. The fourth-order valence-corrected chi connectivity index (χ4v) is 1.23. The molecule has 1 aromatic heterocycles. The smallest absolute Gasteiger partial charge is 0.357 e. The fraction of sp³-hybridized carbons (Fsp3) is 0. The minimum atomic E-state index is -1.24. The molecule has 18 heavy (non-hydrogen) atoms. The summed E-state index contributed by atoms with van der Waals surface area (Å²) in [6.45, 7) is 0. The lowest BCUT2D eigenvalue weighted by Crippen LogP contribution is -1.98. The number of carboxylic acid groups (broad SMARTS) is 1. The number of aromatic nitrogens is 1. The van der Waals surface area contributed by atoms with Crippen LogP contribution in [0.1, 0.15) is 16.1 Å². The standard InChI is InChI=1S/C11H6FN3O3/c12-7-3-6(4-13)1-2-8(7)14-11-15-9(5-18-11)10(16)17/h1-3,5H,(H,14,15)(H,16,17). The van der Waals surface area contributed by atoms with Gasteiger partial charge in [-0.05, 0) is 18.2 Å². The van der Waals surface area contributed by atoms with Crippen LogP contribution in [-0.4, -0.2) is 16.1 Å². The Morgan fingerprint density at radius 1 is 1.56 bits per heavy atom. The highest BCUT2D eigenvalue weighted by molar-refractivity contribution is 5.85. The quantitative estimate of drug-likeness (QED) is 0.861. The zero-order chi connectivity index (χ0) is 13.1. The molecule has 0 radical (unpaired) electrons. The molecule has 0 saturated heterocycles. The first kappa shape index (κ1) is 11.6. The SMILES string of the molecule is N#Cc1ccc(Nc2nc(C(=O)O)co2)c(F)c1. The van der Waals surface area contributed by atoms with Gasteiger partial charge in [-0.3, -0.25) is 0 Å². The maximum atomic E-state index is 13.5. The van der Waals surface area contributed by atoms with Crippen LogP contribution in [0.15, 0.2) is 28.9 Å². The average Bonchev–Trinajstić information content (AvgIpc) is 2.80. The Morgan fingerprint density at radius 2 is 2.33 bits per heavy atom. The van der Waals surface area contributed by atoms with Crippen LogP contribution < -0.4 is 5.32 Å². The molecule has 6 nitrogen and oxygen atoms in total. The van der Waals surface area contributed by atoms with E-state index in [0.29, 0.717) is 0 Å². The first-order valence-electron chi connectivity index (χ1n) is 4.75. The Kier molecular flexibility index (Phi) is 2.93. The maximum absolute atomic E-state index is 13.5. The number of nitrogens with one attached hydrogen (secondary N) is 1. The Labute approximate surface area is 100 Å². The zero-order valence-corrected chi connectivity index (χ0v) is 8.85. The molecule has 7 heteroatoms. The van der Waals surface area contributed by atoms with Crippen molar-refractivity contribution in [2.75, 3.05) is 5.32 Å². The number of carbonyl (C=O) groups is 1. The molecule has 0 spiro atoms. The number of nitrogens with zero attached hydrogens (tertiary/aromatic N) is 2. The zero-order valence-electron chi connectivity index (χ0n) is 8.85. The number of halogens is 1. The van der Waals surface area contributed by atoms with Gasteiger partial charge in [-0.2, -0.15) is 10.2 Å². The number of carboxylic acids is 1. The van der Waals surface area contributed by atoms with Crippen molar-refractivity contribution in [1.29, 1.82) is 5.26 Å². The Balaban J connectivity index is 2.23. The third kappa shape index (κ3) is 2.27. The topological polar surface area (TPSA) is 99.2 Å². The second kappa shape index (κ2) is 4.55. The average molecular weight is 247 g/mol. The molecule has 0 saturated carbocycles. The molecule has 0 aliphatic carbocycles. The van der Waals surface area contributed by atoms with E-state index in [1.807, 2.05) is 0 Å². The number of aromatic carboxylic acids is 1. The molecule has 1 aromatic carbocycles. The first-order valence-corrected chi connectivity index (χ1v) is 4.75. The summed E-state index contributed by atoms with van der Waals surface area (Å²) >= 11 is 0. The lowest BCUT2D eigenvalue weighted by Gasteiger charge is -2.02. The summed E-state index contributed by atoms with van der Waals surface area (Å²) in [6, 6.07) is 5.44. The Hall–Kier alpha value is -2.88. The van der Waals surface area contributed by atoms with Gasteiger partial charge in [0.2, 0.25) is 0 Å². The van der Waals surface area contributed by atoms with E-state index in [1.165, 1.54) is 12.1 Å². The van der Waals surface area contributed by atoms with Crippen LogP contribution in [0, 0.1) is 17.1 Å². The molecule has 0 atom stereocenters. The van der Waals surface area contributed by atoms with Crippen LogP contribution in [0.2, 0.25) is 0 Å². The van der Waals surface area contributed by atoms with Gasteiger partial charge in [-0.15, -0.1) is 0 Å². The van der Waals surface area contributed by atoms with Gasteiger partial charge in [0.1, 0.15) is 12.1 Å². The van der Waals surface area contributed by atoms with E-state index in [-0.39, 0.29) is 23.0 Å². The molecule has 1 heterocycles. The van der Waals surface area contributed by atoms with Crippen LogP contribution in [0.5, 0.6) is 0 Å². The van der Waals surface area contributed by atoms with Gasteiger partial charge < -0.3 is 14.8 Å². The summed E-state index contributed by atoms with van der Waals surface area (Å²) < 4.78 is 18.3. The van der Waals surface area contributed by atoms with E-state index in [0.717, 1.165) is 12.3 Å². The number of hydrogen-bond donors (Lipinski definition) is 2. The summed E-state index contributed by atoms with van der Waals surface area (Å²) in [5.41, 5.74) is -0.0731. The number of oxazole rings is 1. The second-order valence-corrected chi connectivity index (χ2v) is 3.27. The van der Waals surface area contributed by atoms with Crippen molar-refractivity contribution in [1.82, 2.24) is 4.98 Å². The molecule has 0 unspecified atom stereocenters. The molecule has 0 aliphatic heterocycles. The normalized spacial score (nSPS) is 9.78. The van der Waals surface area contributed by atoms with Crippen molar-refractivity contribution in [3.63, 3.8) is 0 Å². The lowest BCUT2D eigenvalue weighted by molar-refractivity contribution is 0.0690. The fourth-order valence-electron chi connectivity index (χ4n) is 1.23. The van der Waals surface area contributed by atoms with E-state index in [1.54, 1.807) is 6.07 Å². The molecular formula is C11H6FN3O3. The van der Waals surface area contributed by atoms with Gasteiger partial charge in [0.15, 0.2) is 5.69 Å². The monoisotopic (exact) mass is 247 g/mol. The van der Waals surface area contributed by atoms with Gasteiger partial charge >= 0.3 is 5.97 Å². The van der Waals surface area contributed by atoms with Crippen LogP contribution >= 0.6 is 0 Å². The van der Waals surface area contributed by atoms with Crippen molar-refractivity contribution in [3.05, 3.63) is 41.5 Å². The molecule has 2 N–H and O–H groups in total. The van der Waals surface area contributed by atoms with Gasteiger partial charge in [-0.1, -0.05) is 0 Å². The van der Waals surface area contributed by atoms with E-state index in [2.05, 4.69) is 10.3 Å². The maximum Gasteiger partial charge on any atom is 0.357 e. The van der Waals surface area contributed by atoms with E-state index < -0.39 is 11.8 Å². The highest BCUT2D eigenvalue weighted by Crippen LogP contribution is 2.20. The number of anilines is 2. The highest BCUT2D eigenvalue weighted by atomic mass is 19.1. The molecule has 0 fully saturated rings. The van der Waals surface area contributed by atoms with Crippen molar-refractivity contribution < 1.29 is 18.7 Å². The summed E-state index contributed by atoms with van der Waals surface area (Å²) in [5, 5.41) is 19.7. The third-order valence-corrected chi connectivity index (χ3v) is 2.06. The number of rotatable bonds is 3. The van der Waals surface area contributed by atoms with Gasteiger partial charge in [-0.25, -0.2) is 9.18 Å². The van der Waals surface area contributed by atoms with Crippen LogP contribution in [0.25, 0.3) is 0 Å². The first-order chi connectivity index (χ1) is 8.60.